The Morgan fingerprint density at radius 3 is 2.80 bits per heavy atom. The summed E-state index contributed by atoms with van der Waals surface area (Å²) < 4.78 is 12.4. The maximum Gasteiger partial charge on any atom is 0.221 e. The van der Waals surface area contributed by atoms with Gasteiger partial charge in [-0.25, -0.2) is 4.39 Å². The van der Waals surface area contributed by atoms with Gasteiger partial charge in [0.05, 0.1) is 5.88 Å². The molecule has 0 aliphatic heterocycles. The maximum absolute atomic E-state index is 12.4. The SMILES string of the molecule is O=c1c(F)c[nH]cc1CCl. The van der Waals surface area contributed by atoms with E-state index in [1.807, 2.05) is 0 Å². The van der Waals surface area contributed by atoms with E-state index in [0.717, 1.165) is 6.20 Å². The first kappa shape index (κ1) is 7.28. The summed E-state index contributed by atoms with van der Waals surface area (Å²) in [5.74, 6) is -0.759. The third-order valence-corrected chi connectivity index (χ3v) is 1.41. The number of rotatable bonds is 1. The van der Waals surface area contributed by atoms with Gasteiger partial charge in [0.1, 0.15) is 0 Å². The fraction of sp³-hybridized carbons (Fsp3) is 0.167. The molecule has 0 fully saturated rings. The molecule has 2 nitrogen and oxygen atoms in total. The van der Waals surface area contributed by atoms with Gasteiger partial charge in [-0.15, -0.1) is 11.6 Å². The van der Waals surface area contributed by atoms with E-state index in [1.54, 1.807) is 0 Å². The molecule has 0 unspecified atom stereocenters. The maximum atomic E-state index is 12.4. The molecular weight excluding hydrogens is 157 g/mol. The number of hydrogen-bond acceptors (Lipinski definition) is 1. The summed E-state index contributed by atoms with van der Waals surface area (Å²) in [5.41, 5.74) is -0.379. The van der Waals surface area contributed by atoms with Crippen LogP contribution in [0.15, 0.2) is 17.2 Å². The number of halogens is 2. The molecule has 0 bridgehead atoms. The van der Waals surface area contributed by atoms with Crippen LogP contribution in [-0.2, 0) is 5.88 Å². The summed E-state index contributed by atoms with van der Waals surface area (Å²) in [4.78, 5) is 13.2. The van der Waals surface area contributed by atoms with Crippen molar-refractivity contribution in [2.45, 2.75) is 5.88 Å². The molecule has 54 valence electrons. The molecule has 1 N–H and O–H groups in total. The molecule has 0 saturated carbocycles. The molecule has 1 heterocycles. The minimum Gasteiger partial charge on any atom is -0.365 e. The van der Waals surface area contributed by atoms with Gasteiger partial charge in [0.2, 0.25) is 5.43 Å². The Morgan fingerprint density at radius 1 is 1.60 bits per heavy atom. The highest BCUT2D eigenvalue weighted by molar-refractivity contribution is 6.17. The van der Waals surface area contributed by atoms with Gasteiger partial charge in [-0.2, -0.15) is 0 Å². The Kier molecular flexibility index (Phi) is 2.06. The number of alkyl halides is 1. The van der Waals surface area contributed by atoms with E-state index in [1.165, 1.54) is 6.20 Å². The molecule has 1 aromatic heterocycles. The van der Waals surface area contributed by atoms with Crippen LogP contribution in [0, 0.1) is 5.82 Å². The number of aromatic nitrogens is 1. The van der Waals surface area contributed by atoms with Gasteiger partial charge >= 0.3 is 0 Å². The summed E-state index contributed by atoms with van der Waals surface area (Å²) >= 11 is 5.32. The molecule has 0 aromatic carbocycles. The highest BCUT2D eigenvalue weighted by Gasteiger charge is 2.01. The zero-order valence-electron chi connectivity index (χ0n) is 5.03. The fourth-order valence-corrected chi connectivity index (χ4v) is 0.798. The summed E-state index contributed by atoms with van der Waals surface area (Å²) in [6.45, 7) is 0. The first-order valence-corrected chi connectivity index (χ1v) is 3.20. The van der Waals surface area contributed by atoms with Crippen molar-refractivity contribution in [3.63, 3.8) is 0 Å². The molecule has 0 aliphatic rings. The van der Waals surface area contributed by atoms with Crippen molar-refractivity contribution in [3.8, 4) is 0 Å². The van der Waals surface area contributed by atoms with Crippen LogP contribution in [0.1, 0.15) is 5.56 Å². The first-order valence-electron chi connectivity index (χ1n) is 2.67. The van der Waals surface area contributed by atoms with Gasteiger partial charge in [0, 0.05) is 18.0 Å². The molecular formula is C6H5ClFNO. The average molecular weight is 162 g/mol. The Balaban J connectivity index is 3.28. The quantitative estimate of drug-likeness (QED) is 0.618. The van der Waals surface area contributed by atoms with E-state index in [9.17, 15) is 9.18 Å². The van der Waals surface area contributed by atoms with Crippen molar-refractivity contribution in [2.75, 3.05) is 0 Å². The molecule has 0 atom stereocenters. The zero-order chi connectivity index (χ0) is 7.56. The van der Waals surface area contributed by atoms with Crippen molar-refractivity contribution in [2.24, 2.45) is 0 Å². The lowest BCUT2D eigenvalue weighted by atomic mass is 10.3. The lowest BCUT2D eigenvalue weighted by Crippen LogP contribution is -2.11. The van der Waals surface area contributed by atoms with E-state index in [-0.39, 0.29) is 11.4 Å². The van der Waals surface area contributed by atoms with E-state index in [4.69, 9.17) is 11.6 Å². The molecule has 1 aromatic rings. The minimum atomic E-state index is -0.793. The van der Waals surface area contributed by atoms with Crippen LogP contribution < -0.4 is 5.43 Å². The lowest BCUT2D eigenvalue weighted by molar-refractivity contribution is 0.608. The largest absolute Gasteiger partial charge is 0.365 e. The number of pyridine rings is 1. The Morgan fingerprint density at radius 2 is 2.30 bits per heavy atom. The van der Waals surface area contributed by atoms with Crippen LogP contribution in [0.25, 0.3) is 0 Å². The summed E-state index contributed by atoms with van der Waals surface area (Å²) in [5, 5.41) is 0. The van der Waals surface area contributed by atoms with Gasteiger partial charge < -0.3 is 4.98 Å². The van der Waals surface area contributed by atoms with Crippen LogP contribution in [0.3, 0.4) is 0 Å². The Bertz CT molecular complexity index is 283. The van der Waals surface area contributed by atoms with E-state index in [0.29, 0.717) is 0 Å². The van der Waals surface area contributed by atoms with Crippen LogP contribution >= 0.6 is 11.6 Å². The van der Waals surface area contributed by atoms with Crippen molar-refractivity contribution < 1.29 is 4.39 Å². The van der Waals surface area contributed by atoms with Crippen molar-refractivity contribution in [1.29, 1.82) is 0 Å². The standard InChI is InChI=1S/C6H5ClFNO/c7-1-4-2-9-3-5(8)6(4)10/h2-3H,1H2,(H,9,10). The fourth-order valence-electron chi connectivity index (χ4n) is 0.599. The van der Waals surface area contributed by atoms with Gasteiger partial charge in [-0.3, -0.25) is 4.79 Å². The van der Waals surface area contributed by atoms with Gasteiger partial charge in [-0.05, 0) is 0 Å². The lowest BCUT2D eigenvalue weighted by Gasteiger charge is -1.91. The smallest absolute Gasteiger partial charge is 0.221 e. The average Bonchev–Trinajstić information content (AvgIpc) is 1.95. The second-order valence-electron chi connectivity index (χ2n) is 1.79. The predicted molar refractivity (Wildman–Crippen MR) is 36.6 cm³/mol. The highest BCUT2D eigenvalue weighted by Crippen LogP contribution is 1.95. The summed E-state index contributed by atoms with van der Waals surface area (Å²) in [7, 11) is 0. The Hall–Kier alpha value is -0.830. The molecule has 0 aliphatic carbocycles. The van der Waals surface area contributed by atoms with Crippen LogP contribution in [0.4, 0.5) is 4.39 Å². The molecule has 0 amide bonds. The van der Waals surface area contributed by atoms with E-state index < -0.39 is 11.2 Å². The van der Waals surface area contributed by atoms with Crippen molar-refractivity contribution in [3.05, 3.63) is 34.0 Å². The normalized spacial score (nSPS) is 9.80. The number of hydrogen-bond donors (Lipinski definition) is 1. The second-order valence-corrected chi connectivity index (χ2v) is 2.06. The van der Waals surface area contributed by atoms with Crippen LogP contribution in [-0.4, -0.2) is 4.98 Å². The van der Waals surface area contributed by atoms with Crippen LogP contribution in [0.5, 0.6) is 0 Å². The third-order valence-electron chi connectivity index (χ3n) is 1.12. The van der Waals surface area contributed by atoms with E-state index >= 15 is 0 Å². The van der Waals surface area contributed by atoms with Crippen molar-refractivity contribution in [1.82, 2.24) is 4.98 Å². The zero-order valence-corrected chi connectivity index (χ0v) is 5.78. The number of H-pyrrole nitrogens is 1. The topological polar surface area (TPSA) is 32.9 Å². The van der Waals surface area contributed by atoms with Gasteiger partial charge in [0.25, 0.3) is 0 Å². The van der Waals surface area contributed by atoms with E-state index in [2.05, 4.69) is 4.98 Å². The summed E-state index contributed by atoms with van der Waals surface area (Å²) in [6.07, 6.45) is 2.39. The number of aromatic amines is 1. The predicted octanol–water partition coefficient (Wildman–Crippen LogP) is 1.25. The molecule has 4 heteroatoms. The summed E-state index contributed by atoms with van der Waals surface area (Å²) in [6, 6.07) is 0. The molecule has 10 heavy (non-hydrogen) atoms. The van der Waals surface area contributed by atoms with Crippen molar-refractivity contribution >= 4 is 11.6 Å². The minimum absolute atomic E-state index is 0.0348. The van der Waals surface area contributed by atoms with Gasteiger partial charge in [0.15, 0.2) is 5.82 Å². The van der Waals surface area contributed by atoms with Crippen LogP contribution in [0.2, 0.25) is 0 Å². The third kappa shape index (κ3) is 1.19. The van der Waals surface area contributed by atoms with Gasteiger partial charge in [-0.1, -0.05) is 0 Å². The molecule has 0 radical (unpaired) electrons. The molecule has 0 spiro atoms. The first-order chi connectivity index (χ1) is 4.75. The number of nitrogens with one attached hydrogen (secondary N) is 1. The Labute approximate surface area is 61.6 Å². The monoisotopic (exact) mass is 161 g/mol. The highest BCUT2D eigenvalue weighted by atomic mass is 35.5. The second kappa shape index (κ2) is 2.84. The molecule has 0 saturated heterocycles. The molecule has 1 rings (SSSR count).